The zero-order chi connectivity index (χ0) is 21.5. The van der Waals surface area contributed by atoms with Crippen molar-refractivity contribution in [1.29, 1.82) is 0 Å². The minimum absolute atomic E-state index is 0.0299. The molecule has 3 fully saturated rings. The molecule has 0 bridgehead atoms. The van der Waals surface area contributed by atoms with Gasteiger partial charge < -0.3 is 10.6 Å². The number of nitrogens with one attached hydrogen (secondary N) is 2. The molecule has 4 heterocycles. The number of halogens is 1. The summed E-state index contributed by atoms with van der Waals surface area (Å²) in [6.45, 7) is 8.86. The lowest BCUT2D eigenvalue weighted by atomic mass is 9.89. The normalized spacial score (nSPS) is 27.3. The Morgan fingerprint density at radius 2 is 1.50 bits per heavy atom. The Morgan fingerprint density at radius 1 is 0.781 bits per heavy atom. The smallest absolute Gasteiger partial charge is 0.126 e. The zero-order valence-electron chi connectivity index (χ0n) is 19.0. The SMILES string of the molecule is Fc1cccc2c1CCN1CCNC[C@@H]21.c1cc2c(cc1C1CC1)CCN1CCNC[C@@H]21. The maximum atomic E-state index is 13.6. The van der Waals surface area contributed by atoms with E-state index < -0.39 is 0 Å². The molecule has 7 rings (SSSR count). The molecule has 2 saturated heterocycles. The Labute approximate surface area is 191 Å². The Morgan fingerprint density at radius 3 is 2.25 bits per heavy atom. The molecule has 2 aromatic rings. The highest BCUT2D eigenvalue weighted by molar-refractivity contribution is 5.39. The summed E-state index contributed by atoms with van der Waals surface area (Å²) in [5.74, 6) is 0.862. The molecule has 0 spiro atoms. The lowest BCUT2D eigenvalue weighted by molar-refractivity contribution is 0.150. The Bertz CT molecular complexity index is 972. The number of fused-ring (bicyclic) bond motifs is 6. The molecule has 32 heavy (non-hydrogen) atoms. The summed E-state index contributed by atoms with van der Waals surface area (Å²) in [5, 5.41) is 6.91. The highest BCUT2D eigenvalue weighted by Crippen LogP contribution is 2.42. The number of benzene rings is 2. The van der Waals surface area contributed by atoms with Gasteiger partial charge in [0.25, 0.3) is 0 Å². The van der Waals surface area contributed by atoms with Gasteiger partial charge in [-0.3, -0.25) is 9.80 Å². The Kier molecular flexibility index (Phi) is 5.76. The summed E-state index contributed by atoms with van der Waals surface area (Å²) in [6.07, 6.45) is 4.94. The van der Waals surface area contributed by atoms with Crippen molar-refractivity contribution in [3.63, 3.8) is 0 Å². The monoisotopic (exact) mass is 434 g/mol. The van der Waals surface area contributed by atoms with Crippen LogP contribution in [-0.2, 0) is 12.8 Å². The van der Waals surface area contributed by atoms with Crippen LogP contribution in [0.3, 0.4) is 0 Å². The summed E-state index contributed by atoms with van der Waals surface area (Å²) in [7, 11) is 0. The fourth-order valence-electron chi connectivity index (χ4n) is 6.15. The molecule has 5 heteroatoms. The van der Waals surface area contributed by atoms with Crippen LogP contribution in [0, 0.1) is 5.82 Å². The topological polar surface area (TPSA) is 30.5 Å². The lowest BCUT2D eigenvalue weighted by Crippen LogP contribution is -2.49. The van der Waals surface area contributed by atoms with Crippen LogP contribution in [0.25, 0.3) is 0 Å². The number of piperazine rings is 2. The molecule has 170 valence electrons. The molecule has 0 radical (unpaired) electrons. The standard InChI is InChI=1S/C15H20N2.C12H15FN2/c1-2-11(1)12-3-4-14-13(9-12)5-7-17-8-6-16-10-15(14)17;13-11-3-1-2-10-9(11)4-6-15-7-5-14-8-12(10)15/h3-4,9,11,15-16H,1-2,5-8,10H2;1-3,12,14H,4-8H2/t15-;12-/m00/s1. The Balaban J connectivity index is 0.000000123. The summed E-state index contributed by atoms with van der Waals surface area (Å²) < 4.78 is 13.6. The van der Waals surface area contributed by atoms with Crippen LogP contribution in [-0.4, -0.2) is 62.2 Å². The average Bonchev–Trinajstić information content (AvgIpc) is 3.70. The number of rotatable bonds is 1. The van der Waals surface area contributed by atoms with Gasteiger partial charge >= 0.3 is 0 Å². The average molecular weight is 435 g/mol. The first kappa shape index (κ1) is 20.8. The predicted molar refractivity (Wildman–Crippen MR) is 127 cm³/mol. The fraction of sp³-hybridized carbons (Fsp3) is 0.556. The third-order valence-corrected chi connectivity index (χ3v) is 8.11. The maximum absolute atomic E-state index is 13.6. The molecular formula is C27H35FN4. The van der Waals surface area contributed by atoms with Crippen LogP contribution in [0.15, 0.2) is 36.4 Å². The van der Waals surface area contributed by atoms with E-state index in [0.29, 0.717) is 12.1 Å². The van der Waals surface area contributed by atoms with Gasteiger partial charge in [-0.2, -0.15) is 0 Å². The van der Waals surface area contributed by atoms with Gasteiger partial charge in [-0.15, -0.1) is 0 Å². The van der Waals surface area contributed by atoms with Gasteiger partial charge in [0.05, 0.1) is 0 Å². The number of hydrogen-bond donors (Lipinski definition) is 2. The van der Waals surface area contributed by atoms with Crippen molar-refractivity contribution in [2.24, 2.45) is 0 Å². The summed E-state index contributed by atoms with van der Waals surface area (Å²) in [5.41, 5.74) is 6.93. The lowest BCUT2D eigenvalue weighted by Gasteiger charge is -2.41. The van der Waals surface area contributed by atoms with E-state index in [9.17, 15) is 4.39 Å². The highest BCUT2D eigenvalue weighted by atomic mass is 19.1. The summed E-state index contributed by atoms with van der Waals surface area (Å²) in [6, 6.07) is 13.8. The van der Waals surface area contributed by atoms with Crippen LogP contribution < -0.4 is 10.6 Å². The number of hydrogen-bond acceptors (Lipinski definition) is 4. The van der Waals surface area contributed by atoms with Crippen LogP contribution in [0.1, 0.15) is 58.7 Å². The molecule has 0 unspecified atom stereocenters. The molecule has 2 atom stereocenters. The van der Waals surface area contributed by atoms with E-state index in [1.165, 1.54) is 37.9 Å². The number of nitrogens with zero attached hydrogens (tertiary/aromatic N) is 2. The molecule has 2 aromatic carbocycles. The molecule has 0 amide bonds. The van der Waals surface area contributed by atoms with E-state index in [0.717, 1.165) is 57.2 Å². The molecule has 0 aromatic heterocycles. The molecule has 2 N–H and O–H groups in total. The first-order chi connectivity index (χ1) is 15.8. The van der Waals surface area contributed by atoms with Crippen LogP contribution >= 0.6 is 0 Å². The largest absolute Gasteiger partial charge is 0.314 e. The summed E-state index contributed by atoms with van der Waals surface area (Å²) >= 11 is 0. The minimum Gasteiger partial charge on any atom is -0.314 e. The van der Waals surface area contributed by atoms with Gasteiger partial charge in [0.1, 0.15) is 5.82 Å². The second kappa shape index (κ2) is 8.86. The quantitative estimate of drug-likeness (QED) is 0.720. The van der Waals surface area contributed by atoms with E-state index in [4.69, 9.17) is 0 Å². The van der Waals surface area contributed by atoms with Crippen LogP contribution in [0.2, 0.25) is 0 Å². The molecule has 4 nitrogen and oxygen atoms in total. The van der Waals surface area contributed by atoms with Crippen LogP contribution in [0.4, 0.5) is 4.39 Å². The van der Waals surface area contributed by atoms with E-state index in [-0.39, 0.29) is 5.82 Å². The van der Waals surface area contributed by atoms with Gasteiger partial charge in [-0.1, -0.05) is 30.3 Å². The first-order valence-electron chi connectivity index (χ1n) is 12.6. The van der Waals surface area contributed by atoms with Gasteiger partial charge in [0.15, 0.2) is 0 Å². The van der Waals surface area contributed by atoms with E-state index >= 15 is 0 Å². The van der Waals surface area contributed by atoms with Crippen molar-refractivity contribution in [1.82, 2.24) is 20.4 Å². The second-order valence-corrected chi connectivity index (χ2v) is 10.1. The van der Waals surface area contributed by atoms with Gasteiger partial charge in [-0.05, 0) is 65.5 Å². The Hall–Kier alpha value is -1.79. The van der Waals surface area contributed by atoms with Crippen molar-refractivity contribution in [2.45, 2.75) is 43.7 Å². The summed E-state index contributed by atoms with van der Waals surface area (Å²) in [4.78, 5) is 5.11. The zero-order valence-corrected chi connectivity index (χ0v) is 19.0. The second-order valence-electron chi connectivity index (χ2n) is 10.1. The van der Waals surface area contributed by atoms with Crippen LogP contribution in [0.5, 0.6) is 0 Å². The van der Waals surface area contributed by atoms with E-state index in [2.05, 4.69) is 44.7 Å². The third-order valence-electron chi connectivity index (χ3n) is 8.11. The van der Waals surface area contributed by atoms with Crippen molar-refractivity contribution < 1.29 is 4.39 Å². The van der Waals surface area contributed by atoms with Gasteiger partial charge in [0.2, 0.25) is 0 Å². The predicted octanol–water partition coefficient (Wildman–Crippen LogP) is 3.39. The minimum atomic E-state index is -0.0299. The van der Waals surface area contributed by atoms with Crippen molar-refractivity contribution in [2.75, 3.05) is 52.4 Å². The van der Waals surface area contributed by atoms with Gasteiger partial charge in [0, 0.05) is 64.4 Å². The highest BCUT2D eigenvalue weighted by Gasteiger charge is 2.32. The van der Waals surface area contributed by atoms with Crippen molar-refractivity contribution in [3.8, 4) is 0 Å². The first-order valence-corrected chi connectivity index (χ1v) is 12.6. The maximum Gasteiger partial charge on any atom is 0.126 e. The van der Waals surface area contributed by atoms with E-state index in [1.807, 2.05) is 6.07 Å². The molecule has 1 saturated carbocycles. The fourth-order valence-corrected chi connectivity index (χ4v) is 6.15. The molecular weight excluding hydrogens is 399 g/mol. The van der Waals surface area contributed by atoms with E-state index in [1.54, 1.807) is 22.8 Å². The third kappa shape index (κ3) is 4.01. The molecule has 5 aliphatic rings. The molecule has 1 aliphatic carbocycles. The van der Waals surface area contributed by atoms with Crippen molar-refractivity contribution >= 4 is 0 Å². The van der Waals surface area contributed by atoms with Gasteiger partial charge in [-0.25, -0.2) is 4.39 Å². The van der Waals surface area contributed by atoms with Crippen molar-refractivity contribution in [3.05, 3.63) is 70.0 Å². The molecule has 4 aliphatic heterocycles.